The molecule has 6 heteroatoms. The summed E-state index contributed by atoms with van der Waals surface area (Å²) < 4.78 is 10.7. The molecule has 0 bridgehead atoms. The Kier molecular flexibility index (Phi) is 4.93. The number of carbonyl (C=O) groups excluding carboxylic acids is 1. The highest BCUT2D eigenvalue weighted by Crippen LogP contribution is 2.27. The van der Waals surface area contributed by atoms with Gasteiger partial charge in [0, 0.05) is 25.3 Å². The van der Waals surface area contributed by atoms with Crippen LogP contribution in [0, 0.1) is 12.3 Å². The molecule has 3 heterocycles. The van der Waals surface area contributed by atoms with E-state index in [9.17, 15) is 4.79 Å². The molecule has 0 radical (unpaired) electrons. The van der Waals surface area contributed by atoms with E-state index in [1.165, 1.54) is 0 Å². The molecule has 1 N–H and O–H groups in total. The van der Waals surface area contributed by atoms with Gasteiger partial charge < -0.3 is 9.26 Å². The van der Waals surface area contributed by atoms with Gasteiger partial charge in [0.1, 0.15) is 5.69 Å². The van der Waals surface area contributed by atoms with Gasteiger partial charge in [-0.15, -0.1) is 6.42 Å². The van der Waals surface area contributed by atoms with Gasteiger partial charge in [-0.1, -0.05) is 11.1 Å². The molecule has 130 valence electrons. The van der Waals surface area contributed by atoms with Crippen molar-refractivity contribution in [3.63, 3.8) is 0 Å². The van der Waals surface area contributed by atoms with Gasteiger partial charge >= 0.3 is 0 Å². The van der Waals surface area contributed by atoms with E-state index in [1.54, 1.807) is 6.07 Å². The first-order valence-corrected chi connectivity index (χ1v) is 8.60. The van der Waals surface area contributed by atoms with Crippen molar-refractivity contribution in [2.75, 3.05) is 25.1 Å². The monoisotopic (exact) mass is 331 g/mol. The van der Waals surface area contributed by atoms with Crippen molar-refractivity contribution in [3.8, 4) is 12.3 Å². The maximum Gasteiger partial charge on any atom is 0.244 e. The van der Waals surface area contributed by atoms with E-state index >= 15 is 0 Å². The predicted molar refractivity (Wildman–Crippen MR) is 90.6 cm³/mol. The van der Waals surface area contributed by atoms with Crippen LogP contribution in [0.25, 0.3) is 0 Å². The summed E-state index contributed by atoms with van der Waals surface area (Å²) in [4.78, 5) is 15.0. The number of amides is 1. The Morgan fingerprint density at radius 2 is 2.17 bits per heavy atom. The van der Waals surface area contributed by atoms with E-state index in [2.05, 4.69) is 21.3 Å². The summed E-state index contributed by atoms with van der Waals surface area (Å²) >= 11 is 0. The Morgan fingerprint density at radius 1 is 1.42 bits per heavy atom. The minimum Gasteiger partial charge on any atom is -0.381 e. The molecule has 24 heavy (non-hydrogen) atoms. The standard InChI is InChI=1S/C18H25N3O3/c1-4-18(2,3)15-12-16(24-20-15)19-17(22)14-6-5-9-21(14)13-7-10-23-11-8-13/h1,12-14H,5-11H2,2-3H3,(H,19,22)/t14-/m0/s1. The molecule has 2 saturated heterocycles. The van der Waals surface area contributed by atoms with Crippen molar-refractivity contribution in [2.24, 2.45) is 0 Å². The Hall–Kier alpha value is -1.84. The molecule has 0 aliphatic carbocycles. The van der Waals surface area contributed by atoms with Crippen LogP contribution in [-0.2, 0) is 14.9 Å². The number of hydrogen-bond acceptors (Lipinski definition) is 5. The number of carbonyl (C=O) groups is 1. The summed E-state index contributed by atoms with van der Waals surface area (Å²) in [6.07, 6.45) is 9.42. The van der Waals surface area contributed by atoms with Gasteiger partial charge in [-0.3, -0.25) is 15.0 Å². The average molecular weight is 331 g/mol. The second-order valence-corrected chi connectivity index (χ2v) is 7.07. The van der Waals surface area contributed by atoms with E-state index in [0.717, 1.165) is 45.4 Å². The smallest absolute Gasteiger partial charge is 0.244 e. The first kappa shape index (κ1) is 17.0. The summed E-state index contributed by atoms with van der Waals surface area (Å²) in [6.45, 7) is 6.30. The SMILES string of the molecule is C#CC(C)(C)c1cc(NC(=O)[C@@H]2CCCN2C2CCOCC2)on1. The van der Waals surface area contributed by atoms with E-state index in [0.29, 0.717) is 17.6 Å². The topological polar surface area (TPSA) is 67.6 Å². The molecule has 1 atom stereocenters. The molecule has 0 spiro atoms. The number of aromatic nitrogens is 1. The minimum atomic E-state index is -0.520. The van der Waals surface area contributed by atoms with E-state index in [-0.39, 0.29) is 11.9 Å². The molecule has 0 unspecified atom stereocenters. The quantitative estimate of drug-likeness (QED) is 0.857. The van der Waals surface area contributed by atoms with E-state index in [1.807, 2.05) is 13.8 Å². The summed E-state index contributed by atoms with van der Waals surface area (Å²) in [5.74, 6) is 3.01. The van der Waals surface area contributed by atoms with Crippen molar-refractivity contribution in [2.45, 2.75) is 57.0 Å². The molecule has 6 nitrogen and oxygen atoms in total. The highest BCUT2D eigenvalue weighted by Gasteiger charge is 2.36. The fourth-order valence-electron chi connectivity index (χ4n) is 3.43. The van der Waals surface area contributed by atoms with Crippen molar-refractivity contribution in [3.05, 3.63) is 11.8 Å². The summed E-state index contributed by atoms with van der Waals surface area (Å²) in [6, 6.07) is 2.04. The molecule has 0 saturated carbocycles. The fourth-order valence-corrected chi connectivity index (χ4v) is 3.43. The van der Waals surface area contributed by atoms with Crippen molar-refractivity contribution >= 4 is 11.8 Å². The van der Waals surface area contributed by atoms with Gasteiger partial charge in [0.2, 0.25) is 11.8 Å². The third kappa shape index (κ3) is 3.47. The normalized spacial score (nSPS) is 23.1. The van der Waals surface area contributed by atoms with Crippen LogP contribution in [0.1, 0.15) is 45.2 Å². The zero-order valence-electron chi connectivity index (χ0n) is 14.4. The highest BCUT2D eigenvalue weighted by atomic mass is 16.5. The Bertz CT molecular complexity index is 626. The van der Waals surface area contributed by atoms with Crippen LogP contribution < -0.4 is 5.32 Å². The van der Waals surface area contributed by atoms with Crippen LogP contribution in [0.2, 0.25) is 0 Å². The lowest BCUT2D eigenvalue weighted by molar-refractivity contribution is -0.121. The van der Waals surface area contributed by atoms with E-state index < -0.39 is 5.41 Å². The predicted octanol–water partition coefficient (Wildman–Crippen LogP) is 2.17. The average Bonchev–Trinajstić information content (AvgIpc) is 3.25. The molecule has 1 aromatic heterocycles. The number of nitrogens with zero attached hydrogens (tertiary/aromatic N) is 2. The molecular formula is C18H25N3O3. The third-order valence-corrected chi connectivity index (χ3v) is 5.01. The number of hydrogen-bond donors (Lipinski definition) is 1. The summed E-state index contributed by atoms with van der Waals surface area (Å²) in [5, 5.41) is 6.84. The van der Waals surface area contributed by atoms with Gasteiger partial charge in [-0.25, -0.2) is 0 Å². The molecule has 2 aliphatic rings. The van der Waals surface area contributed by atoms with Gasteiger partial charge in [-0.05, 0) is 46.1 Å². The third-order valence-electron chi connectivity index (χ3n) is 5.01. The van der Waals surface area contributed by atoms with Gasteiger partial charge in [0.05, 0.1) is 11.5 Å². The molecule has 0 aromatic carbocycles. The number of nitrogens with one attached hydrogen (secondary N) is 1. The number of rotatable bonds is 4. The number of anilines is 1. The van der Waals surface area contributed by atoms with Crippen LogP contribution >= 0.6 is 0 Å². The van der Waals surface area contributed by atoms with Crippen molar-refractivity contribution in [1.29, 1.82) is 0 Å². The van der Waals surface area contributed by atoms with Crippen LogP contribution in [0.3, 0.4) is 0 Å². The first-order chi connectivity index (χ1) is 11.5. The summed E-state index contributed by atoms with van der Waals surface area (Å²) in [7, 11) is 0. The Morgan fingerprint density at radius 3 is 2.88 bits per heavy atom. The largest absolute Gasteiger partial charge is 0.381 e. The second kappa shape index (κ2) is 6.96. The summed E-state index contributed by atoms with van der Waals surface area (Å²) in [5.41, 5.74) is 0.126. The van der Waals surface area contributed by atoms with Gasteiger partial charge in [0.25, 0.3) is 0 Å². The molecule has 1 amide bonds. The lowest BCUT2D eigenvalue weighted by atomic mass is 9.91. The van der Waals surface area contributed by atoms with Crippen molar-refractivity contribution < 1.29 is 14.1 Å². The van der Waals surface area contributed by atoms with Crippen LogP contribution in [0.5, 0.6) is 0 Å². The van der Waals surface area contributed by atoms with Crippen molar-refractivity contribution in [1.82, 2.24) is 10.1 Å². The lowest BCUT2D eigenvalue weighted by Crippen LogP contribution is -2.47. The van der Waals surface area contributed by atoms with Gasteiger partial charge in [-0.2, -0.15) is 0 Å². The van der Waals surface area contributed by atoms with Crippen LogP contribution in [0.4, 0.5) is 5.88 Å². The molecule has 2 fully saturated rings. The Balaban J connectivity index is 1.65. The lowest BCUT2D eigenvalue weighted by Gasteiger charge is -2.34. The maximum absolute atomic E-state index is 12.7. The highest BCUT2D eigenvalue weighted by molar-refractivity contribution is 5.94. The zero-order chi connectivity index (χ0) is 17.2. The molecule has 1 aromatic rings. The van der Waals surface area contributed by atoms with Gasteiger partial charge in [0.15, 0.2) is 0 Å². The molecule has 3 rings (SSSR count). The molecule has 2 aliphatic heterocycles. The van der Waals surface area contributed by atoms with Crippen LogP contribution in [0.15, 0.2) is 10.6 Å². The molecular weight excluding hydrogens is 306 g/mol. The van der Waals surface area contributed by atoms with Crippen LogP contribution in [-0.4, -0.2) is 47.8 Å². The fraction of sp³-hybridized carbons (Fsp3) is 0.667. The first-order valence-electron chi connectivity index (χ1n) is 8.60. The van der Waals surface area contributed by atoms with E-state index in [4.69, 9.17) is 15.7 Å². The minimum absolute atomic E-state index is 0.0276. The number of terminal acetylenes is 1. The number of likely N-dealkylation sites (tertiary alicyclic amines) is 1. The second-order valence-electron chi connectivity index (χ2n) is 7.07. The maximum atomic E-state index is 12.7. The number of ether oxygens (including phenoxy) is 1. The Labute approximate surface area is 142 Å². The zero-order valence-corrected chi connectivity index (χ0v) is 14.4.